The second kappa shape index (κ2) is 6.16. The lowest BCUT2D eigenvalue weighted by atomic mass is 9.72. The van der Waals surface area contributed by atoms with Crippen molar-refractivity contribution in [1.82, 2.24) is 10.2 Å². The summed E-state index contributed by atoms with van der Waals surface area (Å²) in [6.07, 6.45) is 1.57. The highest BCUT2D eigenvalue weighted by molar-refractivity contribution is 5.88. The maximum absolute atomic E-state index is 13.3. The summed E-state index contributed by atoms with van der Waals surface area (Å²) in [7, 11) is 0. The van der Waals surface area contributed by atoms with Crippen molar-refractivity contribution in [2.45, 2.75) is 31.2 Å². The fourth-order valence-electron chi connectivity index (χ4n) is 3.52. The monoisotopic (exact) mass is 288 g/mol. The molecule has 1 aromatic rings. The van der Waals surface area contributed by atoms with Crippen LogP contribution in [0.1, 0.15) is 25.3 Å². The number of benzene rings is 1. The molecule has 4 nitrogen and oxygen atoms in total. The number of rotatable bonds is 2. The van der Waals surface area contributed by atoms with Gasteiger partial charge in [-0.15, -0.1) is 0 Å². The number of carbonyl (C=O) groups is 1. The third kappa shape index (κ3) is 2.70. The average Bonchev–Trinajstić information content (AvgIpc) is 2.56. The lowest BCUT2D eigenvalue weighted by Crippen LogP contribution is -2.58. The summed E-state index contributed by atoms with van der Waals surface area (Å²) < 4.78 is 5.53. The molecule has 2 aliphatic rings. The molecule has 1 N–H and O–H groups in total. The van der Waals surface area contributed by atoms with Crippen molar-refractivity contribution < 1.29 is 9.53 Å². The number of amides is 1. The zero-order chi connectivity index (χ0) is 14.7. The first-order valence-corrected chi connectivity index (χ1v) is 7.89. The summed E-state index contributed by atoms with van der Waals surface area (Å²) in [6.45, 7) is 6.03. The van der Waals surface area contributed by atoms with Crippen LogP contribution in [0.25, 0.3) is 0 Å². The molecular formula is C17H24N2O2. The highest BCUT2D eigenvalue weighted by atomic mass is 16.5. The fourth-order valence-corrected chi connectivity index (χ4v) is 3.52. The van der Waals surface area contributed by atoms with Crippen LogP contribution in [0.3, 0.4) is 0 Å². The van der Waals surface area contributed by atoms with E-state index in [1.54, 1.807) is 0 Å². The molecule has 0 saturated carbocycles. The zero-order valence-electron chi connectivity index (χ0n) is 12.7. The van der Waals surface area contributed by atoms with Gasteiger partial charge in [0.2, 0.25) is 5.91 Å². The molecule has 2 heterocycles. The number of nitrogens with zero attached hydrogens (tertiary/aromatic N) is 1. The largest absolute Gasteiger partial charge is 0.381 e. The van der Waals surface area contributed by atoms with E-state index in [0.717, 1.165) is 38.0 Å². The fraction of sp³-hybridized carbons (Fsp3) is 0.588. The Kier molecular flexibility index (Phi) is 4.27. The molecule has 0 bridgehead atoms. The third-order valence-corrected chi connectivity index (χ3v) is 4.84. The minimum absolute atomic E-state index is 0.259. The van der Waals surface area contributed by atoms with Gasteiger partial charge in [-0.05, 0) is 25.3 Å². The molecule has 1 unspecified atom stereocenters. The second-order valence-corrected chi connectivity index (χ2v) is 6.11. The molecule has 2 saturated heterocycles. The summed E-state index contributed by atoms with van der Waals surface area (Å²) in [4.78, 5) is 15.4. The van der Waals surface area contributed by atoms with Crippen LogP contribution in [-0.4, -0.2) is 49.7 Å². The van der Waals surface area contributed by atoms with Crippen molar-refractivity contribution in [2.24, 2.45) is 0 Å². The van der Waals surface area contributed by atoms with E-state index in [2.05, 4.69) is 29.3 Å². The quantitative estimate of drug-likeness (QED) is 0.898. The molecule has 0 spiro atoms. The lowest BCUT2D eigenvalue weighted by Gasteiger charge is -2.44. The van der Waals surface area contributed by atoms with Gasteiger partial charge in [-0.1, -0.05) is 30.3 Å². The summed E-state index contributed by atoms with van der Waals surface area (Å²) in [5.41, 5.74) is 0.745. The van der Waals surface area contributed by atoms with Gasteiger partial charge >= 0.3 is 0 Å². The Morgan fingerprint density at radius 1 is 1.29 bits per heavy atom. The van der Waals surface area contributed by atoms with Crippen LogP contribution < -0.4 is 5.32 Å². The van der Waals surface area contributed by atoms with Crippen LogP contribution in [-0.2, 0) is 14.9 Å². The standard InChI is InChI=1S/C17H24N2O2/c1-14-13-18-9-10-19(14)16(20)17(7-11-21-12-8-17)15-5-3-2-4-6-15/h2-6,14,18H,7-13H2,1H3. The first-order valence-electron chi connectivity index (χ1n) is 7.89. The SMILES string of the molecule is CC1CNCCN1C(=O)C1(c2ccccc2)CCOCC1. The van der Waals surface area contributed by atoms with E-state index in [9.17, 15) is 4.79 Å². The topological polar surface area (TPSA) is 41.6 Å². The molecule has 1 aromatic carbocycles. The van der Waals surface area contributed by atoms with Gasteiger partial charge in [-0.2, -0.15) is 0 Å². The van der Waals surface area contributed by atoms with Crippen molar-refractivity contribution in [3.8, 4) is 0 Å². The van der Waals surface area contributed by atoms with E-state index in [0.29, 0.717) is 13.2 Å². The van der Waals surface area contributed by atoms with Crippen molar-refractivity contribution in [2.75, 3.05) is 32.8 Å². The molecule has 0 radical (unpaired) electrons. The number of carbonyl (C=O) groups excluding carboxylic acids is 1. The van der Waals surface area contributed by atoms with Crippen molar-refractivity contribution in [3.05, 3.63) is 35.9 Å². The minimum Gasteiger partial charge on any atom is -0.381 e. The van der Waals surface area contributed by atoms with Gasteiger partial charge in [0.05, 0.1) is 5.41 Å². The summed E-state index contributed by atoms with van der Waals surface area (Å²) in [5, 5.41) is 3.36. The highest BCUT2D eigenvalue weighted by Crippen LogP contribution is 2.37. The second-order valence-electron chi connectivity index (χ2n) is 6.11. The normalized spacial score (nSPS) is 25.6. The van der Waals surface area contributed by atoms with Gasteiger partial charge in [0.25, 0.3) is 0 Å². The van der Waals surface area contributed by atoms with E-state index in [4.69, 9.17) is 4.74 Å². The zero-order valence-corrected chi connectivity index (χ0v) is 12.7. The average molecular weight is 288 g/mol. The Hall–Kier alpha value is -1.39. The maximum Gasteiger partial charge on any atom is 0.233 e. The molecule has 114 valence electrons. The number of piperazine rings is 1. The van der Waals surface area contributed by atoms with Crippen LogP contribution in [0.5, 0.6) is 0 Å². The molecule has 4 heteroatoms. The summed E-state index contributed by atoms with van der Waals surface area (Å²) in [5.74, 6) is 0.283. The molecule has 0 aliphatic carbocycles. The Bertz CT molecular complexity index is 483. The minimum atomic E-state index is -0.398. The van der Waals surface area contributed by atoms with Gasteiger partial charge in [-0.25, -0.2) is 0 Å². The highest BCUT2D eigenvalue weighted by Gasteiger charge is 2.45. The van der Waals surface area contributed by atoms with Crippen LogP contribution in [0, 0.1) is 0 Å². The van der Waals surface area contributed by atoms with Gasteiger partial charge < -0.3 is 15.0 Å². The smallest absolute Gasteiger partial charge is 0.233 e. The number of hydrogen-bond acceptors (Lipinski definition) is 3. The maximum atomic E-state index is 13.3. The van der Waals surface area contributed by atoms with Gasteiger partial charge in [0.15, 0.2) is 0 Å². The van der Waals surface area contributed by atoms with Crippen molar-refractivity contribution >= 4 is 5.91 Å². The lowest BCUT2D eigenvalue weighted by molar-refractivity contribution is -0.144. The summed E-state index contributed by atoms with van der Waals surface area (Å²) >= 11 is 0. The molecule has 2 aliphatic heterocycles. The molecule has 3 rings (SSSR count). The van der Waals surface area contributed by atoms with E-state index in [1.807, 2.05) is 18.2 Å². The van der Waals surface area contributed by atoms with Crippen LogP contribution in [0.2, 0.25) is 0 Å². The molecule has 0 aromatic heterocycles. The Labute approximate surface area is 126 Å². The number of nitrogens with one attached hydrogen (secondary N) is 1. The number of ether oxygens (including phenoxy) is 1. The van der Waals surface area contributed by atoms with E-state index >= 15 is 0 Å². The molecule has 1 amide bonds. The molecular weight excluding hydrogens is 264 g/mol. The Morgan fingerprint density at radius 2 is 2.00 bits per heavy atom. The van der Waals surface area contributed by atoms with Crippen molar-refractivity contribution in [1.29, 1.82) is 0 Å². The number of hydrogen-bond donors (Lipinski definition) is 1. The predicted molar refractivity (Wildman–Crippen MR) is 82.2 cm³/mol. The van der Waals surface area contributed by atoms with Crippen molar-refractivity contribution in [3.63, 3.8) is 0 Å². The Balaban J connectivity index is 1.93. The van der Waals surface area contributed by atoms with Gasteiger partial charge in [0, 0.05) is 38.9 Å². The first kappa shape index (κ1) is 14.5. The summed E-state index contributed by atoms with van der Waals surface area (Å²) in [6, 6.07) is 10.5. The third-order valence-electron chi connectivity index (χ3n) is 4.84. The molecule has 21 heavy (non-hydrogen) atoms. The molecule has 2 fully saturated rings. The van der Waals surface area contributed by atoms with Crippen LogP contribution in [0.15, 0.2) is 30.3 Å². The van der Waals surface area contributed by atoms with E-state index < -0.39 is 5.41 Å². The van der Waals surface area contributed by atoms with Crippen LogP contribution >= 0.6 is 0 Å². The first-order chi connectivity index (χ1) is 10.2. The van der Waals surface area contributed by atoms with Gasteiger partial charge in [-0.3, -0.25) is 4.79 Å². The van der Waals surface area contributed by atoms with Gasteiger partial charge in [0.1, 0.15) is 0 Å². The Morgan fingerprint density at radius 3 is 2.67 bits per heavy atom. The van der Waals surface area contributed by atoms with Crippen LogP contribution in [0.4, 0.5) is 0 Å². The molecule has 1 atom stereocenters. The van der Waals surface area contributed by atoms with E-state index in [1.165, 1.54) is 0 Å². The predicted octanol–water partition coefficient (Wildman–Crippen LogP) is 1.56. The van der Waals surface area contributed by atoms with E-state index in [-0.39, 0.29) is 11.9 Å².